The number of aryl methyl sites for hydroxylation is 2. The van der Waals surface area contributed by atoms with Crippen molar-refractivity contribution < 1.29 is 9.21 Å². The summed E-state index contributed by atoms with van der Waals surface area (Å²) in [5.41, 5.74) is 1.66. The highest BCUT2D eigenvalue weighted by molar-refractivity contribution is 6.30. The van der Waals surface area contributed by atoms with Crippen molar-refractivity contribution >= 4 is 17.5 Å². The van der Waals surface area contributed by atoms with Gasteiger partial charge in [0.05, 0.1) is 11.6 Å². The lowest BCUT2D eigenvalue weighted by Gasteiger charge is -2.25. The Morgan fingerprint density at radius 2 is 1.85 bits per heavy atom. The van der Waals surface area contributed by atoms with E-state index in [2.05, 4.69) is 0 Å². The van der Waals surface area contributed by atoms with E-state index in [4.69, 9.17) is 16.0 Å². The number of rotatable bonds is 3. The Bertz CT molecular complexity index is 616. The zero-order valence-corrected chi connectivity index (χ0v) is 12.9. The van der Waals surface area contributed by atoms with E-state index in [1.165, 1.54) is 0 Å². The molecule has 1 heterocycles. The van der Waals surface area contributed by atoms with E-state index in [-0.39, 0.29) is 11.9 Å². The summed E-state index contributed by atoms with van der Waals surface area (Å²) in [6.07, 6.45) is 0. The number of benzene rings is 1. The number of amides is 1. The molecular weight excluding hydrogens is 274 g/mol. The molecule has 0 fully saturated rings. The number of nitrogens with zero attached hydrogens (tertiary/aromatic N) is 1. The molecule has 20 heavy (non-hydrogen) atoms. The summed E-state index contributed by atoms with van der Waals surface area (Å²) in [5.74, 6) is 1.36. The summed E-state index contributed by atoms with van der Waals surface area (Å²) in [5, 5.41) is 0.691. The molecular formula is C16H18ClNO2. The Kier molecular flexibility index (Phi) is 4.19. The van der Waals surface area contributed by atoms with E-state index in [0.29, 0.717) is 16.3 Å². The van der Waals surface area contributed by atoms with Crippen molar-refractivity contribution in [2.24, 2.45) is 0 Å². The van der Waals surface area contributed by atoms with E-state index in [1.807, 2.05) is 38.1 Å². The van der Waals surface area contributed by atoms with Crippen molar-refractivity contribution in [1.29, 1.82) is 0 Å². The third-order valence-corrected chi connectivity index (χ3v) is 3.78. The lowest BCUT2D eigenvalue weighted by molar-refractivity contribution is 0.0741. The smallest absolute Gasteiger partial charge is 0.257 e. The van der Waals surface area contributed by atoms with Gasteiger partial charge in [0.2, 0.25) is 0 Å². The minimum Gasteiger partial charge on any atom is -0.466 e. The first-order valence-electron chi connectivity index (χ1n) is 6.50. The molecule has 0 spiro atoms. The standard InChI is InChI=1S/C16H18ClNO2/c1-10-9-15(12(3)20-10)16(19)18(4)11(2)13-5-7-14(17)8-6-13/h5-9,11H,1-4H3. The number of hydrogen-bond acceptors (Lipinski definition) is 2. The Balaban J connectivity index is 2.22. The third-order valence-electron chi connectivity index (χ3n) is 3.53. The fraction of sp³-hybridized carbons (Fsp3) is 0.312. The number of hydrogen-bond donors (Lipinski definition) is 0. The van der Waals surface area contributed by atoms with Crippen molar-refractivity contribution in [3.8, 4) is 0 Å². The van der Waals surface area contributed by atoms with Crippen LogP contribution >= 0.6 is 11.6 Å². The largest absolute Gasteiger partial charge is 0.466 e. The molecule has 0 bridgehead atoms. The minimum absolute atomic E-state index is 0.0330. The van der Waals surface area contributed by atoms with Gasteiger partial charge in [0.15, 0.2) is 0 Å². The van der Waals surface area contributed by atoms with Crippen LogP contribution in [-0.2, 0) is 0 Å². The summed E-state index contributed by atoms with van der Waals surface area (Å²) in [6.45, 7) is 5.64. The van der Waals surface area contributed by atoms with Crippen molar-refractivity contribution in [1.82, 2.24) is 4.90 Å². The van der Waals surface area contributed by atoms with Gasteiger partial charge in [0, 0.05) is 12.1 Å². The van der Waals surface area contributed by atoms with E-state index >= 15 is 0 Å². The second-order valence-corrected chi connectivity index (χ2v) is 5.41. The van der Waals surface area contributed by atoms with Gasteiger partial charge in [-0.25, -0.2) is 0 Å². The number of furan rings is 1. The average Bonchev–Trinajstić information content (AvgIpc) is 2.76. The van der Waals surface area contributed by atoms with E-state index in [9.17, 15) is 4.79 Å². The molecule has 1 aromatic heterocycles. The van der Waals surface area contributed by atoms with Crippen LogP contribution in [0.4, 0.5) is 0 Å². The zero-order chi connectivity index (χ0) is 14.9. The van der Waals surface area contributed by atoms with Crippen LogP contribution in [-0.4, -0.2) is 17.9 Å². The van der Waals surface area contributed by atoms with Crippen molar-refractivity contribution in [2.45, 2.75) is 26.8 Å². The van der Waals surface area contributed by atoms with Gasteiger partial charge in [-0.15, -0.1) is 0 Å². The second kappa shape index (κ2) is 5.71. The molecule has 0 radical (unpaired) electrons. The lowest BCUT2D eigenvalue weighted by Crippen LogP contribution is -2.29. The van der Waals surface area contributed by atoms with E-state index < -0.39 is 0 Å². The molecule has 0 aliphatic heterocycles. The van der Waals surface area contributed by atoms with Crippen LogP contribution in [0.3, 0.4) is 0 Å². The Hall–Kier alpha value is -1.74. The highest BCUT2D eigenvalue weighted by atomic mass is 35.5. The molecule has 0 aliphatic rings. The van der Waals surface area contributed by atoms with Gasteiger partial charge in [-0.05, 0) is 44.5 Å². The maximum absolute atomic E-state index is 12.5. The first kappa shape index (κ1) is 14.7. The number of carbonyl (C=O) groups excluding carboxylic acids is 1. The Morgan fingerprint density at radius 1 is 1.25 bits per heavy atom. The van der Waals surface area contributed by atoms with Crippen LogP contribution in [0.15, 0.2) is 34.7 Å². The van der Waals surface area contributed by atoms with Gasteiger partial charge in [-0.2, -0.15) is 0 Å². The van der Waals surface area contributed by atoms with Crippen LogP contribution in [0.5, 0.6) is 0 Å². The highest BCUT2D eigenvalue weighted by Gasteiger charge is 2.22. The van der Waals surface area contributed by atoms with Gasteiger partial charge >= 0.3 is 0 Å². The normalized spacial score (nSPS) is 12.2. The molecule has 0 aliphatic carbocycles. The van der Waals surface area contributed by atoms with Crippen LogP contribution in [0, 0.1) is 13.8 Å². The maximum Gasteiger partial charge on any atom is 0.257 e. The summed E-state index contributed by atoms with van der Waals surface area (Å²) in [6, 6.07) is 9.28. The summed E-state index contributed by atoms with van der Waals surface area (Å²) in [4.78, 5) is 14.2. The molecule has 0 N–H and O–H groups in total. The Morgan fingerprint density at radius 3 is 2.35 bits per heavy atom. The fourth-order valence-electron chi connectivity index (χ4n) is 2.17. The molecule has 1 aromatic carbocycles. The predicted molar refractivity (Wildman–Crippen MR) is 80.1 cm³/mol. The van der Waals surface area contributed by atoms with Gasteiger partial charge < -0.3 is 9.32 Å². The molecule has 3 nitrogen and oxygen atoms in total. The van der Waals surface area contributed by atoms with Crippen LogP contribution in [0.1, 0.15) is 40.4 Å². The molecule has 1 unspecified atom stereocenters. The first-order valence-corrected chi connectivity index (χ1v) is 6.87. The fourth-order valence-corrected chi connectivity index (χ4v) is 2.30. The summed E-state index contributed by atoms with van der Waals surface area (Å²) >= 11 is 5.88. The topological polar surface area (TPSA) is 33.5 Å². The van der Waals surface area contributed by atoms with Crippen molar-refractivity contribution in [3.63, 3.8) is 0 Å². The quantitative estimate of drug-likeness (QED) is 0.840. The van der Waals surface area contributed by atoms with E-state index in [0.717, 1.165) is 11.3 Å². The minimum atomic E-state index is -0.0400. The highest BCUT2D eigenvalue weighted by Crippen LogP contribution is 2.24. The molecule has 4 heteroatoms. The van der Waals surface area contributed by atoms with Crippen molar-refractivity contribution in [3.05, 3.63) is 58.0 Å². The van der Waals surface area contributed by atoms with Gasteiger partial charge in [-0.1, -0.05) is 23.7 Å². The van der Waals surface area contributed by atoms with Crippen LogP contribution in [0.2, 0.25) is 5.02 Å². The molecule has 0 saturated heterocycles. The Labute approximate surface area is 124 Å². The SMILES string of the molecule is Cc1cc(C(=O)N(C)C(C)c2ccc(Cl)cc2)c(C)o1. The van der Waals surface area contributed by atoms with Gasteiger partial charge in [0.25, 0.3) is 5.91 Å². The molecule has 0 saturated carbocycles. The monoisotopic (exact) mass is 291 g/mol. The molecule has 1 atom stereocenters. The molecule has 106 valence electrons. The molecule has 2 rings (SSSR count). The third kappa shape index (κ3) is 2.88. The van der Waals surface area contributed by atoms with Crippen molar-refractivity contribution in [2.75, 3.05) is 7.05 Å². The van der Waals surface area contributed by atoms with Gasteiger partial charge in [0.1, 0.15) is 11.5 Å². The lowest BCUT2D eigenvalue weighted by atomic mass is 10.1. The average molecular weight is 292 g/mol. The second-order valence-electron chi connectivity index (χ2n) is 4.97. The number of halogens is 1. The molecule has 1 amide bonds. The predicted octanol–water partition coefficient (Wildman–Crippen LogP) is 4.38. The van der Waals surface area contributed by atoms with Crippen LogP contribution < -0.4 is 0 Å². The van der Waals surface area contributed by atoms with Crippen LogP contribution in [0.25, 0.3) is 0 Å². The summed E-state index contributed by atoms with van der Waals surface area (Å²) in [7, 11) is 1.80. The first-order chi connectivity index (χ1) is 9.40. The zero-order valence-electron chi connectivity index (χ0n) is 12.1. The van der Waals surface area contributed by atoms with Gasteiger partial charge in [-0.3, -0.25) is 4.79 Å². The maximum atomic E-state index is 12.5. The van der Waals surface area contributed by atoms with E-state index in [1.54, 1.807) is 24.9 Å². The molecule has 2 aromatic rings. The number of carbonyl (C=O) groups is 1. The summed E-state index contributed by atoms with van der Waals surface area (Å²) < 4.78 is 5.42.